The Morgan fingerprint density at radius 3 is 1.97 bits per heavy atom. The van der Waals surface area contributed by atoms with Crippen LogP contribution >= 0.6 is 9.24 Å². The lowest BCUT2D eigenvalue weighted by atomic mass is 9.89. The van der Waals surface area contributed by atoms with E-state index in [0.717, 1.165) is 16.9 Å². The third kappa shape index (κ3) is 3.30. The van der Waals surface area contributed by atoms with Crippen molar-refractivity contribution in [3.8, 4) is 28.0 Å². The molecular formula is C29H25OP. The quantitative estimate of drug-likeness (QED) is 0.275. The van der Waals surface area contributed by atoms with E-state index in [1.165, 1.54) is 49.1 Å². The van der Waals surface area contributed by atoms with Gasteiger partial charge in [-0.05, 0) is 92.3 Å². The number of methoxy groups -OCH3 is 1. The van der Waals surface area contributed by atoms with Gasteiger partial charge in [0.25, 0.3) is 0 Å². The van der Waals surface area contributed by atoms with Crippen molar-refractivity contribution < 1.29 is 4.74 Å². The normalized spacial score (nSPS) is 11.2. The maximum absolute atomic E-state index is 5.60. The highest BCUT2D eigenvalue weighted by molar-refractivity contribution is 7.28. The lowest BCUT2D eigenvalue weighted by Crippen LogP contribution is -2.05. The second kappa shape index (κ2) is 7.84. The molecule has 5 aromatic rings. The maximum atomic E-state index is 5.60. The average Bonchev–Trinajstić information content (AvgIpc) is 2.78. The van der Waals surface area contributed by atoms with E-state index in [0.29, 0.717) is 0 Å². The maximum Gasteiger partial charge on any atom is 0.124 e. The van der Waals surface area contributed by atoms with Crippen LogP contribution in [0.4, 0.5) is 0 Å². The molecule has 0 aromatic heterocycles. The Bertz CT molecular complexity index is 1420. The lowest BCUT2D eigenvalue weighted by Gasteiger charge is -2.19. The molecule has 0 aliphatic carbocycles. The summed E-state index contributed by atoms with van der Waals surface area (Å²) in [6.45, 7) is 4.23. The summed E-state index contributed by atoms with van der Waals surface area (Å²) in [5.74, 6) is 0.962. The number of aryl methyl sites for hydroxylation is 2. The van der Waals surface area contributed by atoms with Crippen LogP contribution in [0, 0.1) is 13.8 Å². The van der Waals surface area contributed by atoms with Gasteiger partial charge < -0.3 is 4.74 Å². The molecule has 0 N–H and O–H groups in total. The van der Waals surface area contributed by atoms with Crippen molar-refractivity contribution in [3.05, 3.63) is 96.1 Å². The molecule has 1 unspecified atom stereocenters. The summed E-state index contributed by atoms with van der Waals surface area (Å²) < 4.78 is 5.60. The number of hydrogen-bond donors (Lipinski definition) is 0. The van der Waals surface area contributed by atoms with E-state index in [4.69, 9.17) is 4.74 Å². The minimum absolute atomic E-state index is 0.962. The van der Waals surface area contributed by atoms with Crippen molar-refractivity contribution >= 4 is 36.1 Å². The molecule has 5 aromatic carbocycles. The van der Waals surface area contributed by atoms with Crippen molar-refractivity contribution in [2.45, 2.75) is 13.8 Å². The summed E-state index contributed by atoms with van der Waals surface area (Å²) in [6.07, 6.45) is 0. The standard InChI is InChI=1S/C29H25OP/c1-18-15-22(16-19(2)28(18)30-3)26-17-21-10-5-7-13-24(21)27(29(26)31)25-14-8-11-20-9-4-6-12-23(20)25/h4-17H,31H2,1-3H3. The van der Waals surface area contributed by atoms with Crippen LogP contribution in [0.25, 0.3) is 43.8 Å². The van der Waals surface area contributed by atoms with Gasteiger partial charge in [0.05, 0.1) is 7.11 Å². The van der Waals surface area contributed by atoms with Crippen LogP contribution in [0.2, 0.25) is 0 Å². The fourth-order valence-corrected chi connectivity index (χ4v) is 5.32. The minimum Gasteiger partial charge on any atom is -0.496 e. The molecule has 0 heterocycles. The Labute approximate surface area is 185 Å². The summed E-state index contributed by atoms with van der Waals surface area (Å²) in [4.78, 5) is 0. The van der Waals surface area contributed by atoms with E-state index in [2.05, 4.69) is 108 Å². The van der Waals surface area contributed by atoms with Crippen LogP contribution in [0.1, 0.15) is 11.1 Å². The zero-order chi connectivity index (χ0) is 21.5. The SMILES string of the molecule is COc1c(C)cc(-c2cc3ccccc3c(-c3cccc4ccccc34)c2P)cc1C. The van der Waals surface area contributed by atoms with Crippen molar-refractivity contribution in [2.24, 2.45) is 0 Å². The first kappa shape index (κ1) is 19.8. The third-order valence-corrected chi connectivity index (χ3v) is 6.72. The first-order valence-corrected chi connectivity index (χ1v) is 11.1. The predicted molar refractivity (Wildman–Crippen MR) is 138 cm³/mol. The van der Waals surface area contributed by atoms with Gasteiger partial charge in [-0.15, -0.1) is 9.24 Å². The van der Waals surface area contributed by atoms with E-state index >= 15 is 0 Å². The van der Waals surface area contributed by atoms with Gasteiger partial charge in [0.15, 0.2) is 0 Å². The Morgan fingerprint density at radius 1 is 0.645 bits per heavy atom. The van der Waals surface area contributed by atoms with Crippen LogP contribution in [0.3, 0.4) is 0 Å². The van der Waals surface area contributed by atoms with Gasteiger partial charge in [-0.25, -0.2) is 0 Å². The van der Waals surface area contributed by atoms with Crippen molar-refractivity contribution in [1.29, 1.82) is 0 Å². The molecule has 31 heavy (non-hydrogen) atoms. The van der Waals surface area contributed by atoms with Crippen LogP contribution in [-0.4, -0.2) is 7.11 Å². The Morgan fingerprint density at radius 2 is 1.26 bits per heavy atom. The molecule has 0 radical (unpaired) electrons. The van der Waals surface area contributed by atoms with Gasteiger partial charge in [-0.2, -0.15) is 0 Å². The molecule has 2 heteroatoms. The van der Waals surface area contributed by atoms with Gasteiger partial charge in [-0.1, -0.05) is 66.7 Å². The van der Waals surface area contributed by atoms with Gasteiger partial charge >= 0.3 is 0 Å². The van der Waals surface area contributed by atoms with E-state index in [1.807, 2.05) is 0 Å². The molecule has 152 valence electrons. The molecule has 5 rings (SSSR count). The van der Waals surface area contributed by atoms with Crippen molar-refractivity contribution in [1.82, 2.24) is 0 Å². The topological polar surface area (TPSA) is 9.23 Å². The highest BCUT2D eigenvalue weighted by Crippen LogP contribution is 2.38. The first-order chi connectivity index (χ1) is 15.1. The molecule has 0 bridgehead atoms. The fraction of sp³-hybridized carbons (Fsp3) is 0.103. The number of fused-ring (bicyclic) bond motifs is 2. The Balaban J connectivity index is 1.88. The van der Waals surface area contributed by atoms with Crippen LogP contribution < -0.4 is 10.0 Å². The van der Waals surface area contributed by atoms with Gasteiger partial charge in [-0.3, -0.25) is 0 Å². The van der Waals surface area contributed by atoms with Crippen LogP contribution in [-0.2, 0) is 0 Å². The van der Waals surface area contributed by atoms with Crippen molar-refractivity contribution in [3.63, 3.8) is 0 Å². The number of rotatable bonds is 3. The summed E-state index contributed by atoms with van der Waals surface area (Å²) in [6, 6.07) is 30.7. The molecule has 0 aliphatic rings. The van der Waals surface area contributed by atoms with Crippen LogP contribution in [0.5, 0.6) is 5.75 Å². The second-order valence-corrected chi connectivity index (χ2v) is 8.68. The van der Waals surface area contributed by atoms with E-state index in [1.54, 1.807) is 7.11 Å². The highest BCUT2D eigenvalue weighted by Gasteiger charge is 2.16. The summed E-state index contributed by atoms with van der Waals surface area (Å²) in [5.41, 5.74) is 7.31. The minimum atomic E-state index is 0.962. The third-order valence-electron chi connectivity index (χ3n) is 6.12. The first-order valence-electron chi connectivity index (χ1n) is 10.5. The monoisotopic (exact) mass is 420 g/mol. The lowest BCUT2D eigenvalue weighted by molar-refractivity contribution is 0.408. The highest BCUT2D eigenvalue weighted by atomic mass is 31.0. The zero-order valence-electron chi connectivity index (χ0n) is 18.1. The summed E-state index contributed by atoms with van der Waals surface area (Å²) in [5, 5.41) is 6.28. The number of benzene rings is 5. The van der Waals surface area contributed by atoms with E-state index < -0.39 is 0 Å². The molecule has 0 saturated carbocycles. The Kier molecular flexibility index (Phi) is 5.00. The number of ether oxygens (including phenoxy) is 1. The summed E-state index contributed by atoms with van der Waals surface area (Å²) >= 11 is 0. The smallest absolute Gasteiger partial charge is 0.124 e. The molecular weight excluding hydrogens is 395 g/mol. The van der Waals surface area contributed by atoms with Gasteiger partial charge in [0.2, 0.25) is 0 Å². The molecule has 1 atom stereocenters. The Hall–Kier alpha value is -3.15. The van der Waals surface area contributed by atoms with Gasteiger partial charge in [0, 0.05) is 0 Å². The largest absolute Gasteiger partial charge is 0.496 e. The molecule has 0 amide bonds. The van der Waals surface area contributed by atoms with Crippen molar-refractivity contribution in [2.75, 3.05) is 7.11 Å². The van der Waals surface area contributed by atoms with E-state index in [-0.39, 0.29) is 0 Å². The predicted octanol–water partition coefficient (Wildman–Crippen LogP) is 7.45. The zero-order valence-corrected chi connectivity index (χ0v) is 19.2. The number of hydrogen-bond acceptors (Lipinski definition) is 1. The molecule has 0 aliphatic heterocycles. The molecule has 0 saturated heterocycles. The fourth-order valence-electron chi connectivity index (χ4n) is 4.76. The molecule has 0 fully saturated rings. The average molecular weight is 420 g/mol. The van der Waals surface area contributed by atoms with Gasteiger partial charge in [0.1, 0.15) is 5.75 Å². The molecule has 1 nitrogen and oxygen atoms in total. The second-order valence-electron chi connectivity index (χ2n) is 8.10. The molecule has 0 spiro atoms. The summed E-state index contributed by atoms with van der Waals surface area (Å²) in [7, 11) is 4.78. The van der Waals surface area contributed by atoms with Crippen LogP contribution in [0.15, 0.2) is 84.9 Å². The van der Waals surface area contributed by atoms with E-state index in [9.17, 15) is 0 Å².